The summed E-state index contributed by atoms with van der Waals surface area (Å²) < 4.78 is 0.995. The minimum absolute atomic E-state index is 0.153. The zero-order valence-electron chi connectivity index (χ0n) is 9.79. The molecule has 1 spiro atoms. The van der Waals surface area contributed by atoms with Gasteiger partial charge in [0.05, 0.1) is 16.8 Å². The van der Waals surface area contributed by atoms with Crippen molar-refractivity contribution in [3.8, 4) is 0 Å². The maximum absolute atomic E-state index is 12.3. The molecule has 0 saturated heterocycles. The maximum atomic E-state index is 12.3. The molecule has 3 nitrogen and oxygen atoms in total. The molecule has 1 aromatic rings. The molecule has 1 amide bonds. The van der Waals surface area contributed by atoms with Crippen LogP contribution in [0.4, 0.5) is 11.4 Å². The van der Waals surface area contributed by atoms with Gasteiger partial charge in [-0.2, -0.15) is 0 Å². The van der Waals surface area contributed by atoms with Crippen LogP contribution in [0.2, 0.25) is 0 Å². The number of hydrogen-bond acceptors (Lipinski definition) is 2. The normalized spacial score (nSPS) is 21.5. The molecule has 90 valence electrons. The standard InChI is InChI=1S/C13H15BrN2O/c1-16-8-13(5-2-6-13)12(17)15-10-7-9(14)3-4-11(10)16/h3-4,7H,2,5-6,8H2,1H3,(H,15,17). The van der Waals surface area contributed by atoms with Crippen LogP contribution < -0.4 is 10.2 Å². The van der Waals surface area contributed by atoms with Crippen molar-refractivity contribution < 1.29 is 4.79 Å². The molecule has 1 aromatic carbocycles. The Hall–Kier alpha value is -1.03. The summed E-state index contributed by atoms with van der Waals surface area (Å²) in [6.45, 7) is 0.827. The van der Waals surface area contributed by atoms with Gasteiger partial charge in [0.15, 0.2) is 0 Å². The highest BCUT2D eigenvalue weighted by Crippen LogP contribution is 2.46. The van der Waals surface area contributed by atoms with Crippen molar-refractivity contribution in [1.82, 2.24) is 0 Å². The quantitative estimate of drug-likeness (QED) is 0.798. The lowest BCUT2D eigenvalue weighted by Gasteiger charge is -2.40. The Bertz CT molecular complexity index is 482. The number of nitrogens with zero attached hydrogens (tertiary/aromatic N) is 1. The second kappa shape index (κ2) is 3.73. The molecule has 0 aromatic heterocycles. The van der Waals surface area contributed by atoms with Gasteiger partial charge in [0.1, 0.15) is 0 Å². The first kappa shape index (κ1) is 11.1. The van der Waals surface area contributed by atoms with Gasteiger partial charge in [0, 0.05) is 18.1 Å². The van der Waals surface area contributed by atoms with Gasteiger partial charge >= 0.3 is 0 Å². The zero-order chi connectivity index (χ0) is 12.0. The number of rotatable bonds is 0. The molecule has 2 aliphatic rings. The Labute approximate surface area is 109 Å². The van der Waals surface area contributed by atoms with Crippen molar-refractivity contribution in [3.05, 3.63) is 22.7 Å². The molecule has 1 heterocycles. The predicted octanol–water partition coefficient (Wildman–Crippen LogP) is 3.01. The number of halogens is 1. The molecule has 0 atom stereocenters. The highest BCUT2D eigenvalue weighted by molar-refractivity contribution is 9.10. The number of benzene rings is 1. The fourth-order valence-corrected chi connectivity index (χ4v) is 3.16. The highest BCUT2D eigenvalue weighted by atomic mass is 79.9. The zero-order valence-corrected chi connectivity index (χ0v) is 11.4. The second-order valence-electron chi connectivity index (χ2n) is 5.11. The van der Waals surface area contributed by atoms with E-state index in [1.165, 1.54) is 6.42 Å². The summed E-state index contributed by atoms with van der Waals surface area (Å²) in [5.41, 5.74) is 1.86. The van der Waals surface area contributed by atoms with E-state index in [1.807, 2.05) is 12.1 Å². The fraction of sp³-hybridized carbons (Fsp3) is 0.462. The number of carbonyl (C=O) groups is 1. The molecule has 17 heavy (non-hydrogen) atoms. The number of hydrogen-bond donors (Lipinski definition) is 1. The molecule has 0 radical (unpaired) electrons. The number of nitrogens with one attached hydrogen (secondary N) is 1. The lowest BCUT2D eigenvalue weighted by molar-refractivity contribution is -0.129. The molecule has 1 saturated carbocycles. The van der Waals surface area contributed by atoms with Gasteiger partial charge in [-0.1, -0.05) is 22.4 Å². The maximum Gasteiger partial charge on any atom is 0.232 e. The minimum atomic E-state index is -0.153. The molecule has 1 fully saturated rings. The topological polar surface area (TPSA) is 32.3 Å². The Morgan fingerprint density at radius 3 is 2.82 bits per heavy atom. The van der Waals surface area contributed by atoms with Crippen molar-refractivity contribution in [2.24, 2.45) is 5.41 Å². The Morgan fingerprint density at radius 1 is 1.41 bits per heavy atom. The van der Waals surface area contributed by atoms with Crippen LogP contribution in [0.1, 0.15) is 19.3 Å². The van der Waals surface area contributed by atoms with E-state index in [2.05, 4.69) is 39.3 Å². The first-order valence-corrected chi connectivity index (χ1v) is 6.72. The van der Waals surface area contributed by atoms with Crippen LogP contribution in [0.25, 0.3) is 0 Å². The van der Waals surface area contributed by atoms with Gasteiger partial charge in [-0.25, -0.2) is 0 Å². The van der Waals surface area contributed by atoms with Gasteiger partial charge in [-0.15, -0.1) is 0 Å². The van der Waals surface area contributed by atoms with Crippen molar-refractivity contribution >= 4 is 33.2 Å². The van der Waals surface area contributed by atoms with Gasteiger partial charge in [-0.05, 0) is 31.0 Å². The first-order chi connectivity index (χ1) is 8.11. The summed E-state index contributed by atoms with van der Waals surface area (Å²) in [6, 6.07) is 6.04. The summed E-state index contributed by atoms with van der Waals surface area (Å²) in [7, 11) is 2.06. The van der Waals surface area contributed by atoms with Gasteiger partial charge in [0.25, 0.3) is 0 Å². The van der Waals surface area contributed by atoms with Crippen LogP contribution in [0.3, 0.4) is 0 Å². The monoisotopic (exact) mass is 294 g/mol. The first-order valence-electron chi connectivity index (χ1n) is 5.93. The third-order valence-electron chi connectivity index (χ3n) is 3.95. The smallest absolute Gasteiger partial charge is 0.232 e. The Kier molecular flexibility index (Phi) is 2.43. The largest absolute Gasteiger partial charge is 0.372 e. The molecule has 3 rings (SSSR count). The van der Waals surface area contributed by atoms with E-state index in [0.717, 1.165) is 35.2 Å². The molecule has 4 heteroatoms. The molecular weight excluding hydrogens is 280 g/mol. The van der Waals surface area contributed by atoms with Crippen LogP contribution in [0, 0.1) is 5.41 Å². The summed E-state index contributed by atoms with van der Waals surface area (Å²) in [5.74, 6) is 0.187. The van der Waals surface area contributed by atoms with E-state index in [1.54, 1.807) is 0 Å². The Morgan fingerprint density at radius 2 is 2.18 bits per heavy atom. The molecule has 1 aliphatic heterocycles. The lowest BCUT2D eigenvalue weighted by atomic mass is 9.68. The Balaban J connectivity index is 2.03. The number of amides is 1. The average Bonchev–Trinajstić information content (AvgIpc) is 2.32. The molecule has 1 aliphatic carbocycles. The number of carbonyl (C=O) groups excluding carboxylic acids is 1. The summed E-state index contributed by atoms with van der Waals surface area (Å²) >= 11 is 3.45. The van der Waals surface area contributed by atoms with E-state index in [-0.39, 0.29) is 11.3 Å². The van der Waals surface area contributed by atoms with Gasteiger partial charge in [-0.3, -0.25) is 4.79 Å². The second-order valence-corrected chi connectivity index (χ2v) is 6.02. The summed E-state index contributed by atoms with van der Waals surface area (Å²) in [4.78, 5) is 14.5. The van der Waals surface area contributed by atoms with Crippen LogP contribution >= 0.6 is 15.9 Å². The average molecular weight is 295 g/mol. The lowest BCUT2D eigenvalue weighted by Crippen LogP contribution is -2.47. The highest BCUT2D eigenvalue weighted by Gasteiger charge is 2.46. The van der Waals surface area contributed by atoms with E-state index in [0.29, 0.717) is 0 Å². The van der Waals surface area contributed by atoms with Crippen molar-refractivity contribution in [2.75, 3.05) is 23.8 Å². The van der Waals surface area contributed by atoms with E-state index >= 15 is 0 Å². The predicted molar refractivity (Wildman–Crippen MR) is 72.3 cm³/mol. The molecule has 1 N–H and O–H groups in total. The van der Waals surface area contributed by atoms with E-state index in [9.17, 15) is 4.79 Å². The van der Waals surface area contributed by atoms with Crippen molar-refractivity contribution in [3.63, 3.8) is 0 Å². The van der Waals surface area contributed by atoms with Crippen LogP contribution in [-0.4, -0.2) is 19.5 Å². The van der Waals surface area contributed by atoms with Crippen LogP contribution in [0.15, 0.2) is 22.7 Å². The van der Waals surface area contributed by atoms with Crippen molar-refractivity contribution in [1.29, 1.82) is 0 Å². The number of anilines is 2. The van der Waals surface area contributed by atoms with E-state index < -0.39 is 0 Å². The van der Waals surface area contributed by atoms with Crippen LogP contribution in [-0.2, 0) is 4.79 Å². The molecular formula is C13H15BrN2O. The molecule has 0 unspecified atom stereocenters. The summed E-state index contributed by atoms with van der Waals surface area (Å²) in [6.07, 6.45) is 3.19. The van der Waals surface area contributed by atoms with E-state index in [4.69, 9.17) is 0 Å². The number of fused-ring (bicyclic) bond motifs is 1. The SMILES string of the molecule is CN1CC2(CCC2)C(=O)Nc2cc(Br)ccc21. The van der Waals surface area contributed by atoms with Crippen LogP contribution in [0.5, 0.6) is 0 Å². The third-order valence-corrected chi connectivity index (χ3v) is 4.44. The fourth-order valence-electron chi connectivity index (χ4n) is 2.80. The summed E-state index contributed by atoms with van der Waals surface area (Å²) in [5, 5.41) is 3.08. The van der Waals surface area contributed by atoms with Gasteiger partial charge < -0.3 is 10.2 Å². The molecule has 0 bridgehead atoms. The third kappa shape index (κ3) is 1.66. The minimum Gasteiger partial charge on any atom is -0.372 e. The van der Waals surface area contributed by atoms with Crippen molar-refractivity contribution in [2.45, 2.75) is 19.3 Å². The van der Waals surface area contributed by atoms with Gasteiger partial charge in [0.2, 0.25) is 5.91 Å².